The minimum atomic E-state index is -3.06. The van der Waals surface area contributed by atoms with Crippen molar-refractivity contribution in [2.75, 3.05) is 26.5 Å². The number of hydrogen-bond donors (Lipinski definition) is 2. The maximum Gasteiger partial charge on any atom is 0.387 e. The lowest BCUT2D eigenvalue weighted by Gasteiger charge is -2.09. The molecular formula is C19H18F2N2O8S. The highest BCUT2D eigenvalue weighted by Crippen LogP contribution is 2.33. The third-order valence-electron chi connectivity index (χ3n) is 3.89. The summed E-state index contributed by atoms with van der Waals surface area (Å²) < 4.78 is 43.1. The topological polar surface area (TPSA) is 143 Å². The van der Waals surface area contributed by atoms with E-state index < -0.39 is 43.6 Å². The number of carbonyl (C=O) groups excluding carboxylic acids is 4. The van der Waals surface area contributed by atoms with E-state index in [0.29, 0.717) is 0 Å². The van der Waals surface area contributed by atoms with Gasteiger partial charge in [-0.15, -0.1) is 11.3 Å². The van der Waals surface area contributed by atoms with Crippen LogP contribution in [0.4, 0.5) is 13.8 Å². The number of alkyl halides is 2. The maximum atomic E-state index is 12.3. The standard InChI is InChI=1S/C19H18F2N2O8S/c1-28-17(26)13-11(14(18(27)29-2)32-15(13)22)8-30-12(24)7-23-16(25)9-4-3-5-10(6-9)31-19(20)21/h3-6,19H,7-8,22H2,1-2H3,(H,23,25). The van der Waals surface area contributed by atoms with Crippen LogP contribution in [0.5, 0.6) is 5.75 Å². The van der Waals surface area contributed by atoms with Crippen LogP contribution in [0.1, 0.15) is 36.0 Å². The summed E-state index contributed by atoms with van der Waals surface area (Å²) in [6.07, 6.45) is 0. The zero-order valence-electron chi connectivity index (χ0n) is 16.8. The van der Waals surface area contributed by atoms with Gasteiger partial charge in [0.2, 0.25) is 0 Å². The van der Waals surface area contributed by atoms with E-state index in [9.17, 15) is 28.0 Å². The summed E-state index contributed by atoms with van der Waals surface area (Å²) in [6.45, 7) is -4.16. The summed E-state index contributed by atoms with van der Waals surface area (Å²) in [6, 6.07) is 4.97. The van der Waals surface area contributed by atoms with Gasteiger partial charge in [0, 0.05) is 11.1 Å². The van der Waals surface area contributed by atoms with Crippen molar-refractivity contribution in [3.63, 3.8) is 0 Å². The van der Waals surface area contributed by atoms with Gasteiger partial charge in [0.1, 0.15) is 34.3 Å². The molecule has 32 heavy (non-hydrogen) atoms. The molecule has 0 spiro atoms. The van der Waals surface area contributed by atoms with Gasteiger partial charge in [-0.1, -0.05) is 6.07 Å². The van der Waals surface area contributed by atoms with Crippen LogP contribution in [0, 0.1) is 0 Å². The highest BCUT2D eigenvalue weighted by atomic mass is 32.1. The first-order chi connectivity index (χ1) is 15.2. The Kier molecular flexibility index (Phi) is 8.46. The molecule has 0 atom stereocenters. The van der Waals surface area contributed by atoms with Gasteiger partial charge in [0.05, 0.1) is 14.2 Å². The normalized spacial score (nSPS) is 10.4. The molecule has 2 aromatic rings. The molecule has 0 aliphatic heterocycles. The van der Waals surface area contributed by atoms with Crippen LogP contribution in [0.2, 0.25) is 0 Å². The van der Waals surface area contributed by atoms with Crippen LogP contribution < -0.4 is 15.8 Å². The summed E-state index contributed by atoms with van der Waals surface area (Å²) in [5.41, 5.74) is 5.62. The predicted octanol–water partition coefficient (Wildman–Crippen LogP) is 1.98. The summed E-state index contributed by atoms with van der Waals surface area (Å²) in [5, 5.41) is 2.23. The second-order valence-electron chi connectivity index (χ2n) is 5.88. The fraction of sp³-hybridized carbons (Fsp3) is 0.263. The Morgan fingerprint density at radius 2 is 1.81 bits per heavy atom. The van der Waals surface area contributed by atoms with Crippen LogP contribution >= 0.6 is 11.3 Å². The molecule has 2 rings (SSSR count). The van der Waals surface area contributed by atoms with E-state index in [4.69, 9.17) is 10.5 Å². The minimum Gasteiger partial charge on any atom is -0.465 e. The van der Waals surface area contributed by atoms with Gasteiger partial charge in [-0.3, -0.25) is 9.59 Å². The number of nitrogens with two attached hydrogens (primary N) is 1. The van der Waals surface area contributed by atoms with Crippen molar-refractivity contribution in [3.8, 4) is 5.75 Å². The van der Waals surface area contributed by atoms with Crippen molar-refractivity contribution in [2.45, 2.75) is 13.2 Å². The van der Waals surface area contributed by atoms with Gasteiger partial charge in [-0.2, -0.15) is 8.78 Å². The molecule has 1 aromatic heterocycles. The monoisotopic (exact) mass is 472 g/mol. The van der Waals surface area contributed by atoms with E-state index in [1.165, 1.54) is 18.2 Å². The van der Waals surface area contributed by atoms with Crippen LogP contribution in [0.3, 0.4) is 0 Å². The molecule has 0 aliphatic carbocycles. The molecule has 0 radical (unpaired) electrons. The van der Waals surface area contributed by atoms with Crippen molar-refractivity contribution >= 4 is 40.2 Å². The number of thiophene rings is 1. The van der Waals surface area contributed by atoms with Gasteiger partial charge in [0.25, 0.3) is 5.91 Å². The van der Waals surface area contributed by atoms with Gasteiger partial charge in [0.15, 0.2) is 0 Å². The Labute approximate surface area is 184 Å². The third kappa shape index (κ3) is 6.14. The summed E-state index contributed by atoms with van der Waals surface area (Å²) in [7, 11) is 2.24. The predicted molar refractivity (Wildman–Crippen MR) is 107 cm³/mol. The molecule has 10 nitrogen and oxygen atoms in total. The average molecular weight is 472 g/mol. The molecule has 1 amide bonds. The molecule has 172 valence electrons. The number of halogens is 2. The van der Waals surface area contributed by atoms with Crippen molar-refractivity contribution < 1.29 is 46.9 Å². The van der Waals surface area contributed by atoms with Crippen molar-refractivity contribution in [1.29, 1.82) is 0 Å². The first-order valence-corrected chi connectivity index (χ1v) is 9.56. The Hall–Kier alpha value is -3.74. The molecule has 0 aliphatic rings. The van der Waals surface area contributed by atoms with Crippen molar-refractivity contribution in [1.82, 2.24) is 5.32 Å². The Bertz CT molecular complexity index is 1020. The van der Waals surface area contributed by atoms with Gasteiger partial charge in [-0.25, -0.2) is 9.59 Å². The van der Waals surface area contributed by atoms with E-state index in [0.717, 1.165) is 31.6 Å². The average Bonchev–Trinajstić information content (AvgIpc) is 3.10. The molecule has 0 saturated heterocycles. The summed E-state index contributed by atoms with van der Waals surface area (Å²) in [4.78, 5) is 48.1. The van der Waals surface area contributed by atoms with Gasteiger partial charge < -0.3 is 30.0 Å². The number of benzene rings is 1. The lowest BCUT2D eigenvalue weighted by Crippen LogP contribution is -2.30. The Balaban J connectivity index is 2.03. The minimum absolute atomic E-state index is 0.00252. The number of nitrogen functional groups attached to an aromatic ring is 1. The molecule has 0 saturated carbocycles. The molecule has 3 N–H and O–H groups in total. The van der Waals surface area contributed by atoms with Crippen LogP contribution in [0.15, 0.2) is 24.3 Å². The Morgan fingerprint density at radius 1 is 1.12 bits per heavy atom. The first-order valence-electron chi connectivity index (χ1n) is 8.74. The number of carbonyl (C=O) groups is 4. The van der Waals surface area contributed by atoms with Crippen molar-refractivity contribution in [2.24, 2.45) is 0 Å². The van der Waals surface area contributed by atoms with Gasteiger partial charge >= 0.3 is 24.5 Å². The fourth-order valence-corrected chi connectivity index (χ4v) is 3.46. The number of amides is 1. The zero-order valence-corrected chi connectivity index (χ0v) is 17.6. The lowest BCUT2D eigenvalue weighted by molar-refractivity contribution is -0.143. The smallest absolute Gasteiger partial charge is 0.387 e. The maximum absolute atomic E-state index is 12.3. The second-order valence-corrected chi connectivity index (χ2v) is 6.93. The number of esters is 3. The largest absolute Gasteiger partial charge is 0.465 e. The number of hydrogen-bond acceptors (Lipinski definition) is 10. The number of nitrogens with one attached hydrogen (secondary N) is 1. The second kappa shape index (κ2) is 11.0. The van der Waals surface area contributed by atoms with E-state index in [1.807, 2.05) is 0 Å². The zero-order chi connectivity index (χ0) is 23.8. The van der Waals surface area contributed by atoms with Crippen LogP contribution in [-0.4, -0.2) is 51.2 Å². The first kappa shape index (κ1) is 24.5. The molecule has 0 unspecified atom stereocenters. The van der Waals surface area contributed by atoms with E-state index in [2.05, 4.69) is 19.5 Å². The van der Waals surface area contributed by atoms with Gasteiger partial charge in [-0.05, 0) is 18.2 Å². The molecule has 0 bridgehead atoms. The number of anilines is 1. The lowest BCUT2D eigenvalue weighted by atomic mass is 10.1. The Morgan fingerprint density at radius 3 is 2.44 bits per heavy atom. The highest BCUT2D eigenvalue weighted by molar-refractivity contribution is 7.18. The molecule has 1 aromatic carbocycles. The van der Waals surface area contributed by atoms with Crippen LogP contribution in [-0.2, 0) is 25.6 Å². The number of rotatable bonds is 9. The quantitative estimate of drug-likeness (QED) is 0.413. The molecule has 13 heteroatoms. The van der Waals surface area contributed by atoms with E-state index >= 15 is 0 Å². The number of ether oxygens (including phenoxy) is 4. The number of methoxy groups -OCH3 is 2. The SMILES string of the molecule is COC(=O)c1sc(N)c(C(=O)OC)c1COC(=O)CNC(=O)c1cccc(OC(F)F)c1. The van der Waals surface area contributed by atoms with E-state index in [1.54, 1.807) is 0 Å². The summed E-state index contributed by atoms with van der Waals surface area (Å²) >= 11 is 0.766. The molecular weight excluding hydrogens is 454 g/mol. The van der Waals surface area contributed by atoms with Crippen LogP contribution in [0.25, 0.3) is 0 Å². The van der Waals surface area contributed by atoms with Crippen molar-refractivity contribution in [3.05, 3.63) is 45.8 Å². The molecule has 0 fully saturated rings. The third-order valence-corrected chi connectivity index (χ3v) is 4.93. The highest BCUT2D eigenvalue weighted by Gasteiger charge is 2.28. The fourth-order valence-electron chi connectivity index (χ4n) is 2.48. The van der Waals surface area contributed by atoms with E-state index in [-0.39, 0.29) is 32.3 Å². The molecule has 1 heterocycles. The summed E-state index contributed by atoms with van der Waals surface area (Å²) in [5.74, 6) is -3.50.